The van der Waals surface area contributed by atoms with E-state index in [9.17, 15) is 19.2 Å². The molecular weight excluding hydrogens is 458 g/mol. The van der Waals surface area contributed by atoms with Crippen LogP contribution in [0.1, 0.15) is 54.7 Å². The van der Waals surface area contributed by atoms with E-state index in [2.05, 4.69) is 20.6 Å². The molecular formula is C23H31N5O7. The van der Waals surface area contributed by atoms with E-state index in [4.69, 9.17) is 14.2 Å². The summed E-state index contributed by atoms with van der Waals surface area (Å²) in [7, 11) is 0. The predicted molar refractivity (Wildman–Crippen MR) is 125 cm³/mol. The van der Waals surface area contributed by atoms with Gasteiger partial charge in [-0.25, -0.2) is 9.97 Å². The van der Waals surface area contributed by atoms with Crippen molar-refractivity contribution in [3.63, 3.8) is 0 Å². The van der Waals surface area contributed by atoms with Gasteiger partial charge < -0.3 is 24.8 Å². The zero-order chi connectivity index (χ0) is 26.1. The molecule has 0 saturated carbocycles. The number of carbonyl (C=O) groups excluding carboxylic acids is 4. The molecule has 0 radical (unpaired) electrons. The number of anilines is 2. The molecule has 12 heteroatoms. The number of hydrogen-bond acceptors (Lipinski definition) is 9. The first-order chi connectivity index (χ1) is 16.3. The molecule has 2 N–H and O–H groups in total. The summed E-state index contributed by atoms with van der Waals surface area (Å²) >= 11 is 0. The zero-order valence-electron chi connectivity index (χ0n) is 20.9. The largest absolute Gasteiger partial charge is 0.456 e. The van der Waals surface area contributed by atoms with Crippen LogP contribution in [0.2, 0.25) is 0 Å². The normalized spacial score (nSPS) is 21.9. The van der Waals surface area contributed by atoms with Crippen LogP contribution in [0.15, 0.2) is 12.5 Å². The lowest BCUT2D eigenvalue weighted by atomic mass is 9.99. The fourth-order valence-electron chi connectivity index (χ4n) is 3.79. The smallest absolute Gasteiger partial charge is 0.303 e. The Morgan fingerprint density at radius 1 is 1.06 bits per heavy atom. The maximum Gasteiger partial charge on any atom is 0.303 e. The van der Waals surface area contributed by atoms with Gasteiger partial charge in [-0.1, -0.05) is 27.7 Å². The number of aromatic nitrogens is 3. The lowest BCUT2D eigenvalue weighted by molar-refractivity contribution is -0.184. The van der Waals surface area contributed by atoms with Crippen molar-refractivity contribution < 1.29 is 33.4 Å². The molecule has 190 valence electrons. The number of hydrogen-bond donors (Lipinski definition) is 2. The van der Waals surface area contributed by atoms with Crippen molar-refractivity contribution in [3.05, 3.63) is 12.5 Å². The number of esters is 2. The molecule has 0 unspecified atom stereocenters. The molecule has 1 fully saturated rings. The molecule has 12 nitrogen and oxygen atoms in total. The molecule has 2 amide bonds. The van der Waals surface area contributed by atoms with E-state index in [-0.39, 0.29) is 36.1 Å². The van der Waals surface area contributed by atoms with E-state index >= 15 is 0 Å². The summed E-state index contributed by atoms with van der Waals surface area (Å²) in [6.07, 6.45) is 0.992. The first-order valence-electron chi connectivity index (χ1n) is 11.3. The number of rotatable bonds is 7. The third-order valence-electron chi connectivity index (χ3n) is 5.62. The van der Waals surface area contributed by atoms with Crippen molar-refractivity contribution in [1.29, 1.82) is 0 Å². The highest BCUT2D eigenvalue weighted by molar-refractivity contribution is 6.09. The molecule has 2 aromatic rings. The summed E-state index contributed by atoms with van der Waals surface area (Å²) in [5.41, 5.74) is -0.761. The number of ether oxygens (including phenoxy) is 3. The van der Waals surface area contributed by atoms with Crippen LogP contribution in [0.3, 0.4) is 0 Å². The van der Waals surface area contributed by atoms with Gasteiger partial charge in [0.25, 0.3) is 0 Å². The summed E-state index contributed by atoms with van der Waals surface area (Å²) < 4.78 is 18.5. The predicted octanol–water partition coefficient (Wildman–Crippen LogP) is 2.40. The number of nitrogens with zero attached hydrogens (tertiary/aromatic N) is 3. The topological polar surface area (TPSA) is 151 Å². The molecule has 0 bridgehead atoms. The van der Waals surface area contributed by atoms with Gasteiger partial charge in [-0.15, -0.1) is 0 Å². The van der Waals surface area contributed by atoms with E-state index in [1.807, 2.05) is 0 Å². The highest BCUT2D eigenvalue weighted by atomic mass is 16.6. The minimum Gasteiger partial charge on any atom is -0.456 e. The lowest BCUT2D eigenvalue weighted by Crippen LogP contribution is -2.47. The summed E-state index contributed by atoms with van der Waals surface area (Å²) in [6.45, 7) is 11.0. The van der Waals surface area contributed by atoms with Gasteiger partial charge in [-0.05, 0) is 6.92 Å². The molecule has 3 heterocycles. The zero-order valence-corrected chi connectivity index (χ0v) is 20.9. The van der Waals surface area contributed by atoms with E-state index in [1.54, 1.807) is 45.4 Å². The van der Waals surface area contributed by atoms with Crippen LogP contribution in [0.25, 0.3) is 11.0 Å². The van der Waals surface area contributed by atoms with E-state index in [0.29, 0.717) is 16.7 Å². The summed E-state index contributed by atoms with van der Waals surface area (Å²) in [5.74, 6) is -2.11. The average Bonchev–Trinajstić information content (AvgIpc) is 3.25. The second-order valence-corrected chi connectivity index (χ2v) is 9.22. The molecule has 1 aliphatic heterocycles. The molecule has 3 rings (SSSR count). The second kappa shape index (κ2) is 9.98. The Bertz CT molecular complexity index is 1160. The molecule has 1 saturated heterocycles. The van der Waals surface area contributed by atoms with Crippen LogP contribution in [0, 0.1) is 11.8 Å². The van der Waals surface area contributed by atoms with Crippen molar-refractivity contribution in [2.45, 2.75) is 66.4 Å². The third-order valence-corrected chi connectivity index (χ3v) is 5.62. The number of fused-ring (bicyclic) bond motifs is 1. The second-order valence-electron chi connectivity index (χ2n) is 9.22. The van der Waals surface area contributed by atoms with E-state index < -0.39 is 29.9 Å². The van der Waals surface area contributed by atoms with Gasteiger partial charge in [0, 0.05) is 31.9 Å². The standard InChI is InChI=1S/C23H31N5O7/c1-11(2)20(31)26-15-8-28(19-17(15)18(24-10-25-19)27-21(32)12(3)4)22-23(7,35-14(6)30)16(9-33-22)34-13(5)29/h8,10-12,16,22H,9H2,1-7H3,(H,26,31)(H,24,25,27,32)/t16-,22-,23-/m1/s1. The van der Waals surface area contributed by atoms with Gasteiger partial charge >= 0.3 is 11.9 Å². The van der Waals surface area contributed by atoms with Crippen LogP contribution < -0.4 is 10.6 Å². The quantitative estimate of drug-likeness (QED) is 0.559. The molecule has 35 heavy (non-hydrogen) atoms. The Kier molecular flexibility index (Phi) is 7.44. The van der Waals surface area contributed by atoms with Crippen molar-refractivity contribution in [2.75, 3.05) is 17.2 Å². The molecule has 2 aromatic heterocycles. The Morgan fingerprint density at radius 3 is 2.26 bits per heavy atom. The summed E-state index contributed by atoms with van der Waals surface area (Å²) in [4.78, 5) is 57.3. The maximum atomic E-state index is 12.6. The van der Waals surface area contributed by atoms with Gasteiger partial charge in [0.2, 0.25) is 11.8 Å². The Morgan fingerprint density at radius 2 is 1.69 bits per heavy atom. The summed E-state index contributed by atoms with van der Waals surface area (Å²) in [6, 6.07) is 0. The molecule has 3 atom stereocenters. The van der Waals surface area contributed by atoms with E-state index in [0.717, 1.165) is 0 Å². The molecule has 0 spiro atoms. The van der Waals surface area contributed by atoms with Gasteiger partial charge in [-0.3, -0.25) is 23.7 Å². The van der Waals surface area contributed by atoms with Crippen molar-refractivity contribution in [2.24, 2.45) is 11.8 Å². The first kappa shape index (κ1) is 26.1. The molecule has 0 aromatic carbocycles. The molecule has 1 aliphatic rings. The maximum absolute atomic E-state index is 12.6. The van der Waals surface area contributed by atoms with Crippen LogP contribution in [0.4, 0.5) is 11.5 Å². The van der Waals surface area contributed by atoms with Gasteiger partial charge in [0.15, 0.2) is 17.9 Å². The number of carbonyl (C=O) groups is 4. The van der Waals surface area contributed by atoms with E-state index in [1.165, 1.54) is 20.2 Å². The highest BCUT2D eigenvalue weighted by Crippen LogP contribution is 2.43. The average molecular weight is 490 g/mol. The van der Waals surface area contributed by atoms with Crippen LogP contribution in [0.5, 0.6) is 0 Å². The SMILES string of the molecule is CC(=O)O[C@@H]1CO[C@@H](n2cc(NC(=O)C(C)C)c3c(NC(=O)C(C)C)ncnc32)[C@]1(C)OC(C)=O. The minimum atomic E-state index is -1.41. The Balaban J connectivity index is 2.19. The lowest BCUT2D eigenvalue weighted by Gasteiger charge is -2.33. The van der Waals surface area contributed by atoms with Gasteiger partial charge in [-0.2, -0.15) is 0 Å². The van der Waals surface area contributed by atoms with Crippen molar-refractivity contribution in [3.8, 4) is 0 Å². The fourth-order valence-corrected chi connectivity index (χ4v) is 3.79. The summed E-state index contributed by atoms with van der Waals surface area (Å²) in [5, 5.41) is 5.99. The monoisotopic (exact) mass is 489 g/mol. The molecule has 0 aliphatic carbocycles. The third kappa shape index (κ3) is 5.26. The van der Waals surface area contributed by atoms with Gasteiger partial charge in [0.1, 0.15) is 17.8 Å². The van der Waals surface area contributed by atoms with Crippen molar-refractivity contribution in [1.82, 2.24) is 14.5 Å². The highest BCUT2D eigenvalue weighted by Gasteiger charge is 2.55. The fraction of sp³-hybridized carbons (Fsp3) is 0.565. The Labute approximate surface area is 202 Å². The number of amides is 2. The first-order valence-corrected chi connectivity index (χ1v) is 11.3. The number of nitrogens with one attached hydrogen (secondary N) is 2. The van der Waals surface area contributed by atoms with Crippen LogP contribution in [-0.2, 0) is 33.4 Å². The Hall–Kier alpha value is -3.54. The minimum absolute atomic E-state index is 0.0383. The van der Waals surface area contributed by atoms with Crippen LogP contribution >= 0.6 is 0 Å². The van der Waals surface area contributed by atoms with Gasteiger partial charge in [0.05, 0.1) is 17.7 Å². The van der Waals surface area contributed by atoms with Crippen LogP contribution in [-0.4, -0.2) is 56.6 Å². The van der Waals surface area contributed by atoms with Crippen molar-refractivity contribution >= 4 is 46.3 Å².